The van der Waals surface area contributed by atoms with Gasteiger partial charge in [0.1, 0.15) is 0 Å². The number of nitrogens with zero attached hydrogens (tertiary/aromatic N) is 1. The molecule has 0 bridgehead atoms. The highest BCUT2D eigenvalue weighted by Gasteiger charge is 2.26. The standard InChI is InChI=1S/C16H33N3O/c1-6-13(7-2)15(19(4)5)11-18-16(20)14-8-9-17-12(3)10-14/h12-15,17H,6-11H2,1-5H3,(H,18,20). The van der Waals surface area contributed by atoms with Crippen LogP contribution in [0.4, 0.5) is 0 Å². The van der Waals surface area contributed by atoms with Crippen molar-refractivity contribution in [1.82, 2.24) is 15.5 Å². The number of hydrogen-bond acceptors (Lipinski definition) is 3. The highest BCUT2D eigenvalue weighted by molar-refractivity contribution is 5.78. The maximum atomic E-state index is 12.3. The summed E-state index contributed by atoms with van der Waals surface area (Å²) in [5, 5.41) is 6.59. The molecule has 20 heavy (non-hydrogen) atoms. The van der Waals surface area contributed by atoms with Crippen molar-refractivity contribution in [3.05, 3.63) is 0 Å². The molecular formula is C16H33N3O. The van der Waals surface area contributed by atoms with Gasteiger partial charge in [-0.2, -0.15) is 0 Å². The predicted octanol–water partition coefficient (Wildman–Crippen LogP) is 1.86. The molecule has 2 N–H and O–H groups in total. The number of carbonyl (C=O) groups is 1. The van der Waals surface area contributed by atoms with Crippen molar-refractivity contribution in [2.45, 2.75) is 58.5 Å². The number of rotatable bonds is 7. The van der Waals surface area contributed by atoms with Crippen LogP contribution in [0.1, 0.15) is 46.5 Å². The lowest BCUT2D eigenvalue weighted by atomic mass is 9.91. The van der Waals surface area contributed by atoms with E-state index >= 15 is 0 Å². The zero-order valence-electron chi connectivity index (χ0n) is 13.9. The van der Waals surface area contributed by atoms with Crippen molar-refractivity contribution >= 4 is 5.91 Å². The van der Waals surface area contributed by atoms with Crippen LogP contribution in [0.3, 0.4) is 0 Å². The third-order valence-electron chi connectivity index (χ3n) is 4.74. The van der Waals surface area contributed by atoms with E-state index in [0.717, 1.165) is 25.9 Å². The third-order valence-corrected chi connectivity index (χ3v) is 4.74. The first-order valence-corrected chi connectivity index (χ1v) is 8.17. The van der Waals surface area contributed by atoms with Crippen LogP contribution in [0.15, 0.2) is 0 Å². The molecule has 3 atom stereocenters. The van der Waals surface area contributed by atoms with E-state index in [0.29, 0.717) is 18.0 Å². The fourth-order valence-corrected chi connectivity index (χ4v) is 3.32. The number of carbonyl (C=O) groups excluding carboxylic acids is 1. The van der Waals surface area contributed by atoms with Crippen molar-refractivity contribution in [1.29, 1.82) is 0 Å². The van der Waals surface area contributed by atoms with E-state index in [-0.39, 0.29) is 11.8 Å². The van der Waals surface area contributed by atoms with E-state index in [1.807, 2.05) is 0 Å². The fourth-order valence-electron chi connectivity index (χ4n) is 3.32. The third kappa shape index (κ3) is 5.06. The summed E-state index contributed by atoms with van der Waals surface area (Å²) in [6.07, 6.45) is 4.26. The molecule has 0 spiro atoms. The molecule has 1 aliphatic heterocycles. The zero-order valence-corrected chi connectivity index (χ0v) is 13.9. The predicted molar refractivity (Wildman–Crippen MR) is 84.7 cm³/mol. The molecule has 1 amide bonds. The zero-order chi connectivity index (χ0) is 15.1. The Labute approximate surface area is 124 Å². The van der Waals surface area contributed by atoms with E-state index in [4.69, 9.17) is 0 Å². The molecule has 0 radical (unpaired) electrons. The Kier molecular flexibility index (Phi) is 7.52. The second kappa shape index (κ2) is 8.63. The quantitative estimate of drug-likeness (QED) is 0.749. The maximum absolute atomic E-state index is 12.3. The van der Waals surface area contributed by atoms with Gasteiger partial charge in [0.2, 0.25) is 5.91 Å². The summed E-state index contributed by atoms with van der Waals surface area (Å²) in [5.41, 5.74) is 0. The number of hydrogen-bond donors (Lipinski definition) is 2. The van der Waals surface area contributed by atoms with Crippen molar-refractivity contribution in [2.75, 3.05) is 27.2 Å². The Hall–Kier alpha value is -0.610. The average Bonchev–Trinajstić information content (AvgIpc) is 2.42. The Bertz CT molecular complexity index is 289. The Morgan fingerprint density at radius 1 is 1.35 bits per heavy atom. The van der Waals surface area contributed by atoms with E-state index in [1.54, 1.807) is 0 Å². The summed E-state index contributed by atoms with van der Waals surface area (Å²) >= 11 is 0. The Morgan fingerprint density at radius 3 is 2.50 bits per heavy atom. The van der Waals surface area contributed by atoms with E-state index in [1.165, 1.54) is 12.8 Å². The summed E-state index contributed by atoms with van der Waals surface area (Å²) in [4.78, 5) is 14.6. The van der Waals surface area contributed by atoms with Gasteiger partial charge < -0.3 is 15.5 Å². The van der Waals surface area contributed by atoms with E-state index in [2.05, 4.69) is 50.4 Å². The lowest BCUT2D eigenvalue weighted by Crippen LogP contribution is -2.48. The summed E-state index contributed by atoms with van der Waals surface area (Å²) in [6.45, 7) is 8.37. The molecule has 1 heterocycles. The minimum Gasteiger partial charge on any atom is -0.354 e. The fraction of sp³-hybridized carbons (Fsp3) is 0.938. The molecule has 4 heteroatoms. The van der Waals surface area contributed by atoms with Crippen molar-refractivity contribution < 1.29 is 4.79 Å². The molecule has 1 aliphatic rings. The highest BCUT2D eigenvalue weighted by atomic mass is 16.1. The number of nitrogens with one attached hydrogen (secondary N) is 2. The van der Waals surface area contributed by atoms with Gasteiger partial charge in [-0.1, -0.05) is 26.7 Å². The van der Waals surface area contributed by atoms with Crippen LogP contribution in [0.25, 0.3) is 0 Å². The van der Waals surface area contributed by atoms with Crippen molar-refractivity contribution in [2.24, 2.45) is 11.8 Å². The number of likely N-dealkylation sites (N-methyl/N-ethyl adjacent to an activating group) is 1. The smallest absolute Gasteiger partial charge is 0.223 e. The second-order valence-electron chi connectivity index (χ2n) is 6.43. The van der Waals surface area contributed by atoms with Gasteiger partial charge in [0.25, 0.3) is 0 Å². The molecule has 1 rings (SSSR count). The Morgan fingerprint density at radius 2 is 2.00 bits per heavy atom. The van der Waals surface area contributed by atoms with Crippen LogP contribution in [0.2, 0.25) is 0 Å². The van der Waals surface area contributed by atoms with Crippen molar-refractivity contribution in [3.8, 4) is 0 Å². The van der Waals surface area contributed by atoms with Crippen LogP contribution in [-0.4, -0.2) is 50.1 Å². The van der Waals surface area contributed by atoms with Gasteiger partial charge in [0.15, 0.2) is 0 Å². The normalized spacial score (nSPS) is 24.9. The molecule has 0 aliphatic carbocycles. The topological polar surface area (TPSA) is 44.4 Å². The molecule has 0 saturated carbocycles. The molecule has 0 aromatic heterocycles. The Balaban J connectivity index is 2.47. The van der Waals surface area contributed by atoms with Gasteiger partial charge in [-0.3, -0.25) is 4.79 Å². The van der Waals surface area contributed by atoms with E-state index in [9.17, 15) is 4.79 Å². The average molecular weight is 283 g/mol. The second-order valence-corrected chi connectivity index (χ2v) is 6.43. The monoisotopic (exact) mass is 283 g/mol. The minimum absolute atomic E-state index is 0.191. The summed E-state index contributed by atoms with van der Waals surface area (Å²) in [7, 11) is 4.23. The summed E-state index contributed by atoms with van der Waals surface area (Å²) in [5.74, 6) is 1.09. The molecule has 1 fully saturated rings. The van der Waals surface area contributed by atoms with Gasteiger partial charge in [-0.15, -0.1) is 0 Å². The van der Waals surface area contributed by atoms with Gasteiger partial charge >= 0.3 is 0 Å². The summed E-state index contributed by atoms with van der Waals surface area (Å²) < 4.78 is 0. The SMILES string of the molecule is CCC(CC)C(CNC(=O)C1CCNC(C)C1)N(C)C. The minimum atomic E-state index is 0.191. The first-order chi connectivity index (χ1) is 9.49. The number of piperidine rings is 1. The van der Waals surface area contributed by atoms with Crippen LogP contribution in [0.5, 0.6) is 0 Å². The molecule has 4 nitrogen and oxygen atoms in total. The van der Waals surface area contributed by atoms with Gasteiger partial charge in [0, 0.05) is 24.5 Å². The number of amides is 1. The van der Waals surface area contributed by atoms with Gasteiger partial charge in [-0.05, 0) is 46.3 Å². The van der Waals surface area contributed by atoms with Crippen LogP contribution >= 0.6 is 0 Å². The molecule has 1 saturated heterocycles. The molecular weight excluding hydrogens is 250 g/mol. The maximum Gasteiger partial charge on any atom is 0.223 e. The van der Waals surface area contributed by atoms with Gasteiger partial charge in [0.05, 0.1) is 0 Å². The largest absolute Gasteiger partial charge is 0.354 e. The highest BCUT2D eigenvalue weighted by Crippen LogP contribution is 2.18. The molecule has 0 aromatic carbocycles. The first kappa shape index (κ1) is 17.4. The van der Waals surface area contributed by atoms with Crippen LogP contribution in [-0.2, 0) is 4.79 Å². The molecule has 0 aromatic rings. The summed E-state index contributed by atoms with van der Waals surface area (Å²) in [6, 6.07) is 0.899. The lowest BCUT2D eigenvalue weighted by Gasteiger charge is -2.33. The van der Waals surface area contributed by atoms with E-state index < -0.39 is 0 Å². The van der Waals surface area contributed by atoms with Crippen LogP contribution < -0.4 is 10.6 Å². The van der Waals surface area contributed by atoms with Gasteiger partial charge in [-0.25, -0.2) is 0 Å². The molecule has 3 unspecified atom stereocenters. The van der Waals surface area contributed by atoms with Crippen LogP contribution in [0, 0.1) is 11.8 Å². The van der Waals surface area contributed by atoms with Crippen molar-refractivity contribution in [3.63, 3.8) is 0 Å². The lowest BCUT2D eigenvalue weighted by molar-refractivity contribution is -0.126. The molecule has 118 valence electrons. The first-order valence-electron chi connectivity index (χ1n) is 8.17.